The number of benzene rings is 1. The van der Waals surface area contributed by atoms with Crippen LogP contribution in [0.4, 0.5) is 5.69 Å². The zero-order chi connectivity index (χ0) is 12.2. The van der Waals surface area contributed by atoms with Crippen LogP contribution >= 0.6 is 0 Å². The van der Waals surface area contributed by atoms with E-state index in [2.05, 4.69) is 24.4 Å². The highest BCUT2D eigenvalue weighted by Crippen LogP contribution is 2.04. The van der Waals surface area contributed by atoms with E-state index in [4.69, 9.17) is 4.74 Å². The van der Waals surface area contributed by atoms with Crippen molar-refractivity contribution in [2.24, 2.45) is 0 Å². The van der Waals surface area contributed by atoms with Crippen molar-refractivity contribution >= 4 is 5.69 Å². The smallest absolute Gasteiger partial charge is 0.0639 e. The summed E-state index contributed by atoms with van der Waals surface area (Å²) < 4.78 is 5.57. The Balaban J connectivity index is 1.85. The van der Waals surface area contributed by atoms with E-state index in [0.29, 0.717) is 0 Å². The van der Waals surface area contributed by atoms with Crippen molar-refractivity contribution in [3.8, 4) is 0 Å². The lowest BCUT2D eigenvalue weighted by Crippen LogP contribution is -2.09. The second-order valence-electron chi connectivity index (χ2n) is 4.32. The maximum absolute atomic E-state index is 5.57. The highest BCUT2D eigenvalue weighted by Gasteiger charge is 1.91. The molecule has 0 fully saturated rings. The summed E-state index contributed by atoms with van der Waals surface area (Å²) in [6, 6.07) is 10.3. The summed E-state index contributed by atoms with van der Waals surface area (Å²) in [5.41, 5.74) is 1.17. The predicted molar refractivity (Wildman–Crippen MR) is 74.5 cm³/mol. The Morgan fingerprint density at radius 2 is 1.71 bits per heavy atom. The molecule has 0 amide bonds. The third-order valence-electron chi connectivity index (χ3n) is 2.74. The van der Waals surface area contributed by atoms with E-state index in [-0.39, 0.29) is 0 Å². The molecular weight excluding hydrogens is 210 g/mol. The fourth-order valence-electron chi connectivity index (χ4n) is 1.73. The summed E-state index contributed by atoms with van der Waals surface area (Å²) in [6.45, 7) is 4.83. The van der Waals surface area contributed by atoms with E-state index < -0.39 is 0 Å². The first-order chi connectivity index (χ1) is 8.43. The van der Waals surface area contributed by atoms with Crippen molar-refractivity contribution in [1.82, 2.24) is 0 Å². The van der Waals surface area contributed by atoms with Crippen LogP contribution in [0.15, 0.2) is 30.3 Å². The Morgan fingerprint density at radius 1 is 0.941 bits per heavy atom. The summed E-state index contributed by atoms with van der Waals surface area (Å²) in [4.78, 5) is 0. The molecule has 1 aromatic rings. The highest BCUT2D eigenvalue weighted by atomic mass is 16.5. The van der Waals surface area contributed by atoms with Gasteiger partial charge in [-0.1, -0.05) is 50.8 Å². The Labute approximate surface area is 105 Å². The van der Waals surface area contributed by atoms with Gasteiger partial charge in [0.25, 0.3) is 0 Å². The molecule has 0 saturated heterocycles. The molecule has 0 radical (unpaired) electrons. The van der Waals surface area contributed by atoms with Crippen LogP contribution in [0.2, 0.25) is 0 Å². The summed E-state index contributed by atoms with van der Waals surface area (Å²) >= 11 is 0. The molecule has 17 heavy (non-hydrogen) atoms. The van der Waals surface area contributed by atoms with Crippen molar-refractivity contribution in [2.45, 2.75) is 39.0 Å². The SMILES string of the molecule is CCCCCCCOCCNc1ccccc1. The van der Waals surface area contributed by atoms with Gasteiger partial charge in [-0.2, -0.15) is 0 Å². The summed E-state index contributed by atoms with van der Waals surface area (Å²) in [5.74, 6) is 0. The van der Waals surface area contributed by atoms with Crippen molar-refractivity contribution in [1.29, 1.82) is 0 Å². The van der Waals surface area contributed by atoms with E-state index in [0.717, 1.165) is 19.8 Å². The molecule has 2 heteroatoms. The third kappa shape index (κ3) is 7.81. The van der Waals surface area contributed by atoms with Crippen LogP contribution in [0, 0.1) is 0 Å². The molecule has 0 aliphatic carbocycles. The number of hydrogen-bond acceptors (Lipinski definition) is 2. The zero-order valence-electron chi connectivity index (χ0n) is 11.0. The Morgan fingerprint density at radius 3 is 2.47 bits per heavy atom. The van der Waals surface area contributed by atoms with Crippen molar-refractivity contribution in [2.75, 3.05) is 25.1 Å². The fraction of sp³-hybridized carbons (Fsp3) is 0.600. The number of rotatable bonds is 10. The van der Waals surface area contributed by atoms with Crippen molar-refractivity contribution in [3.63, 3.8) is 0 Å². The molecule has 2 nitrogen and oxygen atoms in total. The molecule has 0 heterocycles. The van der Waals surface area contributed by atoms with E-state index in [1.165, 1.54) is 37.8 Å². The molecule has 0 saturated carbocycles. The van der Waals surface area contributed by atoms with Crippen LogP contribution in [-0.4, -0.2) is 19.8 Å². The van der Waals surface area contributed by atoms with E-state index >= 15 is 0 Å². The van der Waals surface area contributed by atoms with Gasteiger partial charge in [-0.05, 0) is 18.6 Å². The fourth-order valence-corrected chi connectivity index (χ4v) is 1.73. The molecule has 1 rings (SSSR count). The van der Waals surface area contributed by atoms with Gasteiger partial charge in [0.2, 0.25) is 0 Å². The zero-order valence-corrected chi connectivity index (χ0v) is 11.0. The molecule has 1 N–H and O–H groups in total. The number of ether oxygens (including phenoxy) is 1. The largest absolute Gasteiger partial charge is 0.383 e. The van der Waals surface area contributed by atoms with Gasteiger partial charge in [0.05, 0.1) is 6.61 Å². The lowest BCUT2D eigenvalue weighted by molar-refractivity contribution is 0.139. The van der Waals surface area contributed by atoms with Crippen LogP contribution in [0.3, 0.4) is 0 Å². The molecule has 0 aliphatic heterocycles. The molecule has 96 valence electrons. The molecule has 0 spiro atoms. The maximum Gasteiger partial charge on any atom is 0.0639 e. The minimum absolute atomic E-state index is 0.794. The van der Waals surface area contributed by atoms with Crippen LogP contribution < -0.4 is 5.32 Å². The number of hydrogen-bond donors (Lipinski definition) is 1. The van der Waals surface area contributed by atoms with Crippen molar-refractivity contribution in [3.05, 3.63) is 30.3 Å². The van der Waals surface area contributed by atoms with Gasteiger partial charge >= 0.3 is 0 Å². The number of unbranched alkanes of at least 4 members (excludes halogenated alkanes) is 4. The second-order valence-corrected chi connectivity index (χ2v) is 4.32. The van der Waals surface area contributed by atoms with Gasteiger partial charge in [-0.15, -0.1) is 0 Å². The van der Waals surface area contributed by atoms with Gasteiger partial charge in [-0.25, -0.2) is 0 Å². The minimum atomic E-state index is 0.794. The predicted octanol–water partition coefficient (Wildman–Crippen LogP) is 4.09. The lowest BCUT2D eigenvalue weighted by atomic mass is 10.2. The van der Waals surface area contributed by atoms with Crippen LogP contribution in [0.5, 0.6) is 0 Å². The Kier molecular flexibility index (Phi) is 8.39. The Hall–Kier alpha value is -1.02. The van der Waals surface area contributed by atoms with Gasteiger partial charge in [0.1, 0.15) is 0 Å². The van der Waals surface area contributed by atoms with E-state index in [1.807, 2.05) is 18.2 Å². The summed E-state index contributed by atoms with van der Waals surface area (Å²) in [7, 11) is 0. The lowest BCUT2D eigenvalue weighted by Gasteiger charge is -2.07. The molecule has 0 unspecified atom stereocenters. The molecule has 1 aromatic carbocycles. The molecular formula is C15H25NO. The molecule has 0 aromatic heterocycles. The maximum atomic E-state index is 5.57. The molecule has 0 aliphatic rings. The van der Waals surface area contributed by atoms with Crippen molar-refractivity contribution < 1.29 is 4.74 Å². The average Bonchev–Trinajstić information content (AvgIpc) is 2.38. The van der Waals surface area contributed by atoms with E-state index in [1.54, 1.807) is 0 Å². The first kappa shape index (κ1) is 14.0. The summed E-state index contributed by atoms with van der Waals surface area (Å²) in [5, 5.41) is 3.33. The number of anilines is 1. The topological polar surface area (TPSA) is 21.3 Å². The van der Waals surface area contributed by atoms with Gasteiger partial charge in [0.15, 0.2) is 0 Å². The minimum Gasteiger partial charge on any atom is -0.383 e. The number of nitrogens with one attached hydrogen (secondary N) is 1. The monoisotopic (exact) mass is 235 g/mol. The Bertz CT molecular complexity index is 261. The highest BCUT2D eigenvalue weighted by molar-refractivity contribution is 5.42. The normalized spacial score (nSPS) is 10.4. The van der Waals surface area contributed by atoms with Gasteiger partial charge in [-0.3, -0.25) is 0 Å². The quantitative estimate of drug-likeness (QED) is 0.617. The van der Waals surface area contributed by atoms with Crippen LogP contribution in [-0.2, 0) is 4.74 Å². The second kappa shape index (κ2) is 10.2. The first-order valence-electron chi connectivity index (χ1n) is 6.80. The number of para-hydroxylation sites is 1. The van der Waals surface area contributed by atoms with Crippen LogP contribution in [0.1, 0.15) is 39.0 Å². The molecule has 0 atom stereocenters. The van der Waals surface area contributed by atoms with E-state index in [9.17, 15) is 0 Å². The van der Waals surface area contributed by atoms with Crippen LogP contribution in [0.25, 0.3) is 0 Å². The third-order valence-corrected chi connectivity index (χ3v) is 2.74. The average molecular weight is 235 g/mol. The summed E-state index contributed by atoms with van der Waals surface area (Å²) in [6.07, 6.45) is 6.52. The molecule has 0 bridgehead atoms. The van der Waals surface area contributed by atoms with Gasteiger partial charge in [0, 0.05) is 18.8 Å². The first-order valence-corrected chi connectivity index (χ1v) is 6.80. The van der Waals surface area contributed by atoms with Gasteiger partial charge < -0.3 is 10.1 Å². The standard InChI is InChI=1S/C15H25NO/c1-2-3-4-5-9-13-17-14-12-16-15-10-7-6-8-11-15/h6-8,10-11,16H,2-5,9,12-14H2,1H3.